The Hall–Kier alpha value is -2.15. The van der Waals surface area contributed by atoms with Gasteiger partial charge in [0.1, 0.15) is 5.82 Å². The first-order valence-corrected chi connectivity index (χ1v) is 9.88. The molecule has 0 aromatic carbocycles. The van der Waals surface area contributed by atoms with Gasteiger partial charge in [0.25, 0.3) is 0 Å². The van der Waals surface area contributed by atoms with Crippen LogP contribution < -0.4 is 4.90 Å². The molecule has 0 unspecified atom stereocenters. The fourth-order valence-electron chi connectivity index (χ4n) is 4.62. The number of likely N-dealkylation sites (tertiary alicyclic amines) is 1. The fourth-order valence-corrected chi connectivity index (χ4v) is 4.62. The minimum atomic E-state index is -0.954. The molecule has 146 valence electrons. The number of aromatic carboxylic acids is 1. The number of hydrogen-bond donors (Lipinski definition) is 1. The highest BCUT2D eigenvalue weighted by Crippen LogP contribution is 2.41. The summed E-state index contributed by atoms with van der Waals surface area (Å²) in [4.78, 5) is 31.9. The number of carboxylic acids is 1. The number of amides is 1. The number of ether oxygens (including phenoxy) is 1. The highest BCUT2D eigenvalue weighted by atomic mass is 16.5. The number of carbonyl (C=O) groups is 2. The van der Waals surface area contributed by atoms with Crippen molar-refractivity contribution in [3.8, 4) is 0 Å². The topological polar surface area (TPSA) is 83.0 Å². The average Bonchev–Trinajstić information content (AvgIpc) is 3.19. The predicted molar refractivity (Wildman–Crippen MR) is 99.9 cm³/mol. The van der Waals surface area contributed by atoms with Crippen molar-refractivity contribution in [1.82, 2.24) is 9.88 Å². The average molecular weight is 373 g/mol. The van der Waals surface area contributed by atoms with Gasteiger partial charge in [-0.1, -0.05) is 0 Å². The van der Waals surface area contributed by atoms with Crippen molar-refractivity contribution in [1.29, 1.82) is 0 Å². The van der Waals surface area contributed by atoms with E-state index in [-0.39, 0.29) is 23.0 Å². The third kappa shape index (κ3) is 3.93. The molecule has 1 spiro atoms. The van der Waals surface area contributed by atoms with E-state index in [0.29, 0.717) is 6.42 Å². The predicted octanol–water partition coefficient (Wildman–Crippen LogP) is 2.17. The molecule has 0 radical (unpaired) electrons. The van der Waals surface area contributed by atoms with E-state index in [4.69, 9.17) is 9.84 Å². The smallest absolute Gasteiger partial charge is 0.337 e. The van der Waals surface area contributed by atoms with Crippen LogP contribution in [0.15, 0.2) is 18.3 Å². The summed E-state index contributed by atoms with van der Waals surface area (Å²) in [5.74, 6) is 0.146. The van der Waals surface area contributed by atoms with Gasteiger partial charge < -0.3 is 19.6 Å². The summed E-state index contributed by atoms with van der Waals surface area (Å²) in [6.07, 6.45) is 7.45. The van der Waals surface area contributed by atoms with Crippen molar-refractivity contribution in [2.45, 2.75) is 44.6 Å². The van der Waals surface area contributed by atoms with E-state index >= 15 is 0 Å². The standard InChI is InChI=1S/C20H27N3O4/c24-18-5-6-20(14-23(18)13-16-2-1-11-27-16)7-9-22(10-8-20)17-4-3-15(12-21-17)19(25)26/h3-4,12,16H,1-2,5-11,13-14H2,(H,25,26)/t16-/m1/s1. The quantitative estimate of drug-likeness (QED) is 0.871. The van der Waals surface area contributed by atoms with Crippen LogP contribution in [-0.4, -0.2) is 65.8 Å². The number of piperidine rings is 2. The van der Waals surface area contributed by atoms with Gasteiger partial charge in [0, 0.05) is 45.4 Å². The summed E-state index contributed by atoms with van der Waals surface area (Å²) < 4.78 is 5.73. The minimum absolute atomic E-state index is 0.198. The summed E-state index contributed by atoms with van der Waals surface area (Å²) in [5, 5.41) is 9.01. The van der Waals surface area contributed by atoms with Crippen LogP contribution in [0.3, 0.4) is 0 Å². The maximum absolute atomic E-state index is 12.4. The Morgan fingerprint density at radius 3 is 2.74 bits per heavy atom. The number of pyridine rings is 1. The Labute approximate surface area is 159 Å². The molecule has 3 saturated heterocycles. The van der Waals surface area contributed by atoms with Gasteiger partial charge in [-0.15, -0.1) is 0 Å². The number of carboxylic acid groups (broad SMARTS) is 1. The van der Waals surface area contributed by atoms with Crippen LogP contribution in [0, 0.1) is 5.41 Å². The molecule has 27 heavy (non-hydrogen) atoms. The van der Waals surface area contributed by atoms with E-state index in [0.717, 1.165) is 70.7 Å². The molecule has 0 aliphatic carbocycles. The molecule has 0 bridgehead atoms. The number of aromatic nitrogens is 1. The van der Waals surface area contributed by atoms with E-state index in [9.17, 15) is 9.59 Å². The highest BCUT2D eigenvalue weighted by molar-refractivity contribution is 5.87. The second-order valence-corrected chi connectivity index (χ2v) is 8.11. The largest absolute Gasteiger partial charge is 0.478 e. The van der Waals surface area contributed by atoms with Crippen LogP contribution in [0.5, 0.6) is 0 Å². The molecule has 4 heterocycles. The van der Waals surface area contributed by atoms with Crippen LogP contribution in [0.4, 0.5) is 5.82 Å². The lowest BCUT2D eigenvalue weighted by atomic mass is 9.72. The molecule has 3 fully saturated rings. The van der Waals surface area contributed by atoms with Gasteiger partial charge in [-0.05, 0) is 49.7 Å². The third-order valence-electron chi connectivity index (χ3n) is 6.34. The lowest BCUT2D eigenvalue weighted by Crippen LogP contribution is -2.53. The lowest BCUT2D eigenvalue weighted by Gasteiger charge is -2.48. The Bertz CT molecular complexity index is 692. The molecule has 1 aromatic heterocycles. The van der Waals surface area contributed by atoms with Gasteiger partial charge in [-0.3, -0.25) is 4.79 Å². The highest BCUT2D eigenvalue weighted by Gasteiger charge is 2.41. The van der Waals surface area contributed by atoms with E-state index in [1.807, 2.05) is 4.90 Å². The molecule has 7 heteroatoms. The van der Waals surface area contributed by atoms with Crippen LogP contribution >= 0.6 is 0 Å². The Morgan fingerprint density at radius 2 is 2.11 bits per heavy atom. The maximum atomic E-state index is 12.4. The van der Waals surface area contributed by atoms with E-state index in [1.165, 1.54) is 6.20 Å². The van der Waals surface area contributed by atoms with Crippen molar-refractivity contribution in [3.63, 3.8) is 0 Å². The zero-order valence-corrected chi connectivity index (χ0v) is 15.6. The summed E-state index contributed by atoms with van der Waals surface area (Å²) >= 11 is 0. The normalized spacial score (nSPS) is 25.2. The first-order valence-electron chi connectivity index (χ1n) is 9.88. The second kappa shape index (κ2) is 7.46. The van der Waals surface area contributed by atoms with Crippen LogP contribution in [-0.2, 0) is 9.53 Å². The lowest BCUT2D eigenvalue weighted by molar-refractivity contribution is -0.140. The van der Waals surface area contributed by atoms with Gasteiger partial charge in [-0.25, -0.2) is 9.78 Å². The van der Waals surface area contributed by atoms with Crippen LogP contribution in [0.1, 0.15) is 48.9 Å². The van der Waals surface area contributed by atoms with Gasteiger partial charge in [0.15, 0.2) is 0 Å². The molecule has 0 saturated carbocycles. The van der Waals surface area contributed by atoms with Gasteiger partial charge in [0.05, 0.1) is 11.7 Å². The number of rotatable bonds is 4. The van der Waals surface area contributed by atoms with E-state index < -0.39 is 5.97 Å². The first-order chi connectivity index (χ1) is 13.0. The van der Waals surface area contributed by atoms with Crippen LogP contribution in [0.2, 0.25) is 0 Å². The molecule has 1 amide bonds. The van der Waals surface area contributed by atoms with Crippen molar-refractivity contribution in [2.75, 3.05) is 37.7 Å². The molecular weight excluding hydrogens is 346 g/mol. The summed E-state index contributed by atoms with van der Waals surface area (Å²) in [6.45, 7) is 4.18. The summed E-state index contributed by atoms with van der Waals surface area (Å²) in [7, 11) is 0. The molecule has 1 aromatic rings. The minimum Gasteiger partial charge on any atom is -0.478 e. The zero-order valence-electron chi connectivity index (χ0n) is 15.6. The van der Waals surface area contributed by atoms with Gasteiger partial charge >= 0.3 is 5.97 Å². The zero-order chi connectivity index (χ0) is 18.9. The van der Waals surface area contributed by atoms with Gasteiger partial charge in [0.2, 0.25) is 5.91 Å². The number of nitrogens with zero attached hydrogens (tertiary/aromatic N) is 3. The van der Waals surface area contributed by atoms with E-state index in [1.54, 1.807) is 12.1 Å². The number of carbonyl (C=O) groups excluding carboxylic acids is 1. The van der Waals surface area contributed by atoms with Crippen molar-refractivity contribution in [2.24, 2.45) is 5.41 Å². The molecule has 3 aliphatic rings. The molecule has 1 N–H and O–H groups in total. The monoisotopic (exact) mass is 373 g/mol. The Morgan fingerprint density at radius 1 is 1.30 bits per heavy atom. The SMILES string of the molecule is O=C(O)c1ccc(N2CCC3(CCC(=O)N(C[C@H]4CCCO4)C3)CC2)nc1. The first kappa shape index (κ1) is 18.2. The molecule has 4 rings (SSSR count). The Balaban J connectivity index is 1.37. The maximum Gasteiger partial charge on any atom is 0.337 e. The van der Waals surface area contributed by atoms with Crippen molar-refractivity contribution < 1.29 is 19.4 Å². The van der Waals surface area contributed by atoms with Gasteiger partial charge in [-0.2, -0.15) is 0 Å². The fraction of sp³-hybridized carbons (Fsp3) is 0.650. The summed E-state index contributed by atoms with van der Waals surface area (Å²) in [6, 6.07) is 3.40. The number of anilines is 1. The molecular formula is C20H27N3O4. The van der Waals surface area contributed by atoms with Crippen molar-refractivity contribution >= 4 is 17.7 Å². The second-order valence-electron chi connectivity index (χ2n) is 8.11. The summed E-state index contributed by atoms with van der Waals surface area (Å²) in [5.41, 5.74) is 0.409. The number of hydrogen-bond acceptors (Lipinski definition) is 5. The molecule has 7 nitrogen and oxygen atoms in total. The third-order valence-corrected chi connectivity index (χ3v) is 6.34. The molecule has 1 atom stereocenters. The Kier molecular flexibility index (Phi) is 5.04. The van der Waals surface area contributed by atoms with E-state index in [2.05, 4.69) is 9.88 Å². The molecule has 3 aliphatic heterocycles. The van der Waals surface area contributed by atoms with Crippen molar-refractivity contribution in [3.05, 3.63) is 23.9 Å². The van der Waals surface area contributed by atoms with Crippen LogP contribution in [0.25, 0.3) is 0 Å².